The molecule has 114 valence electrons. The quantitative estimate of drug-likeness (QED) is 0.375. The fourth-order valence-corrected chi connectivity index (χ4v) is 1.92. The van der Waals surface area contributed by atoms with Crippen molar-refractivity contribution >= 4 is 28.8 Å². The Balaban J connectivity index is 1.97. The summed E-state index contributed by atoms with van der Waals surface area (Å²) in [4.78, 5) is 22.9. The monoisotopic (exact) mass is 299 g/mol. The summed E-state index contributed by atoms with van der Waals surface area (Å²) in [6.45, 7) is 0.619. The first kappa shape index (κ1) is 15.7. The molecule has 0 unspecified atom stereocenters. The normalized spacial score (nSPS) is 10.8. The van der Waals surface area contributed by atoms with Gasteiger partial charge in [0.15, 0.2) is 0 Å². The molecule has 0 aromatic heterocycles. The summed E-state index contributed by atoms with van der Waals surface area (Å²) < 4.78 is 4.78. The molecule has 2 aromatic carbocycles. The van der Waals surface area contributed by atoms with E-state index in [4.69, 9.17) is 4.74 Å². The highest BCUT2D eigenvalue weighted by atomic mass is 16.5. The minimum atomic E-state index is -0.812. The predicted octanol–water partition coefficient (Wildman–Crippen LogP) is 1.05. The summed E-state index contributed by atoms with van der Waals surface area (Å²) in [6, 6.07) is 13.6. The lowest BCUT2D eigenvalue weighted by molar-refractivity contribution is -0.139. The first-order valence-corrected chi connectivity index (χ1v) is 6.80. The van der Waals surface area contributed by atoms with Crippen LogP contribution in [0.15, 0.2) is 47.6 Å². The van der Waals surface area contributed by atoms with Crippen LogP contribution in [0, 0.1) is 0 Å². The van der Waals surface area contributed by atoms with Gasteiger partial charge in [-0.1, -0.05) is 42.5 Å². The van der Waals surface area contributed by atoms with Crippen molar-refractivity contribution in [3.63, 3.8) is 0 Å². The number of carbonyl (C=O) groups excluding carboxylic acids is 2. The molecule has 0 bridgehead atoms. The number of carbonyl (C=O) groups is 2. The summed E-state index contributed by atoms with van der Waals surface area (Å²) in [6.07, 6.45) is 1.52. The summed E-state index contributed by atoms with van der Waals surface area (Å²) in [5.74, 6) is -1.56. The van der Waals surface area contributed by atoms with Gasteiger partial charge in [0, 0.05) is 19.2 Å². The smallest absolute Gasteiger partial charge is 0.329 e. The fourth-order valence-electron chi connectivity index (χ4n) is 1.92. The zero-order valence-corrected chi connectivity index (χ0v) is 12.2. The van der Waals surface area contributed by atoms with Crippen molar-refractivity contribution in [3.8, 4) is 0 Å². The maximum atomic E-state index is 11.5. The molecule has 0 heterocycles. The molecule has 0 aliphatic rings. The third-order valence-electron chi connectivity index (χ3n) is 2.99. The molecule has 2 amide bonds. The van der Waals surface area contributed by atoms with Crippen LogP contribution in [0.5, 0.6) is 0 Å². The average Bonchev–Trinajstić information content (AvgIpc) is 2.55. The topological polar surface area (TPSA) is 79.8 Å². The molecule has 2 aromatic rings. The lowest BCUT2D eigenvalue weighted by Gasteiger charge is -2.03. The number of rotatable bonds is 5. The van der Waals surface area contributed by atoms with Crippen molar-refractivity contribution in [3.05, 3.63) is 48.0 Å². The number of benzene rings is 2. The lowest BCUT2D eigenvalue weighted by atomic mass is 10.1. The van der Waals surface area contributed by atoms with Crippen LogP contribution in [0.1, 0.15) is 5.56 Å². The highest BCUT2D eigenvalue weighted by Gasteiger charge is 2.11. The molecule has 0 atom stereocenters. The second-order valence-corrected chi connectivity index (χ2v) is 4.52. The van der Waals surface area contributed by atoms with Crippen LogP contribution in [0.25, 0.3) is 10.8 Å². The molecule has 6 nitrogen and oxygen atoms in total. The van der Waals surface area contributed by atoms with Crippen LogP contribution < -0.4 is 10.7 Å². The van der Waals surface area contributed by atoms with Gasteiger partial charge in [-0.2, -0.15) is 5.10 Å². The second-order valence-electron chi connectivity index (χ2n) is 4.52. The number of fused-ring (bicyclic) bond motifs is 1. The second kappa shape index (κ2) is 7.90. The molecule has 0 radical (unpaired) electrons. The lowest BCUT2D eigenvalue weighted by Crippen LogP contribution is -2.39. The van der Waals surface area contributed by atoms with Crippen molar-refractivity contribution in [2.75, 3.05) is 20.3 Å². The zero-order valence-electron chi connectivity index (χ0n) is 12.2. The van der Waals surface area contributed by atoms with Gasteiger partial charge in [-0.3, -0.25) is 9.59 Å². The van der Waals surface area contributed by atoms with E-state index in [0.717, 1.165) is 16.3 Å². The van der Waals surface area contributed by atoms with E-state index in [1.165, 1.54) is 13.3 Å². The Morgan fingerprint density at radius 2 is 1.91 bits per heavy atom. The van der Waals surface area contributed by atoms with E-state index >= 15 is 0 Å². The van der Waals surface area contributed by atoms with Crippen LogP contribution >= 0.6 is 0 Å². The van der Waals surface area contributed by atoms with Crippen LogP contribution in [0.4, 0.5) is 0 Å². The third kappa shape index (κ3) is 4.13. The standard InChI is InChI=1S/C16H17N3O3/c1-22-10-9-17-15(20)16(21)19-18-11-13-7-4-6-12-5-2-3-8-14(12)13/h2-8,11H,9-10H2,1H3,(H,17,20)(H,19,21). The van der Waals surface area contributed by atoms with Gasteiger partial charge < -0.3 is 10.1 Å². The van der Waals surface area contributed by atoms with Crippen LogP contribution in [-0.4, -0.2) is 38.3 Å². The van der Waals surface area contributed by atoms with Gasteiger partial charge in [-0.25, -0.2) is 5.43 Å². The van der Waals surface area contributed by atoms with Crippen molar-refractivity contribution in [2.45, 2.75) is 0 Å². The van der Waals surface area contributed by atoms with Crippen LogP contribution in [0.3, 0.4) is 0 Å². The summed E-state index contributed by atoms with van der Waals surface area (Å²) in [5.41, 5.74) is 3.06. The molecular weight excluding hydrogens is 282 g/mol. The SMILES string of the molecule is COCCNC(=O)C(=O)NN=Cc1cccc2ccccc12. The van der Waals surface area contributed by atoms with Crippen molar-refractivity contribution in [2.24, 2.45) is 5.10 Å². The molecule has 0 aliphatic heterocycles. The molecule has 0 saturated heterocycles. The number of nitrogens with zero attached hydrogens (tertiary/aromatic N) is 1. The van der Waals surface area contributed by atoms with Gasteiger partial charge in [0.1, 0.15) is 0 Å². The number of ether oxygens (including phenoxy) is 1. The maximum Gasteiger partial charge on any atom is 0.329 e. The van der Waals surface area contributed by atoms with Gasteiger partial charge in [-0.15, -0.1) is 0 Å². The zero-order chi connectivity index (χ0) is 15.8. The van der Waals surface area contributed by atoms with E-state index in [9.17, 15) is 9.59 Å². The Hall–Kier alpha value is -2.73. The Kier molecular flexibility index (Phi) is 5.62. The van der Waals surface area contributed by atoms with Crippen molar-refractivity contribution in [1.82, 2.24) is 10.7 Å². The first-order valence-electron chi connectivity index (χ1n) is 6.80. The Labute approximate surface area is 128 Å². The largest absolute Gasteiger partial charge is 0.383 e. The molecule has 22 heavy (non-hydrogen) atoms. The van der Waals surface area contributed by atoms with Gasteiger partial charge in [0.25, 0.3) is 0 Å². The molecule has 0 saturated carbocycles. The van der Waals surface area contributed by atoms with Crippen molar-refractivity contribution in [1.29, 1.82) is 0 Å². The van der Waals surface area contributed by atoms with Crippen LogP contribution in [-0.2, 0) is 14.3 Å². The molecule has 0 fully saturated rings. The molecule has 2 rings (SSSR count). The molecule has 0 spiro atoms. The van der Waals surface area contributed by atoms with Crippen molar-refractivity contribution < 1.29 is 14.3 Å². The molecule has 2 N–H and O–H groups in total. The van der Waals surface area contributed by atoms with Gasteiger partial charge >= 0.3 is 11.8 Å². The number of hydrazone groups is 1. The fraction of sp³-hybridized carbons (Fsp3) is 0.188. The Morgan fingerprint density at radius 1 is 1.14 bits per heavy atom. The van der Waals surface area contributed by atoms with E-state index in [0.29, 0.717) is 6.61 Å². The number of amides is 2. The minimum absolute atomic E-state index is 0.274. The highest BCUT2D eigenvalue weighted by Crippen LogP contribution is 2.16. The van der Waals surface area contributed by atoms with Crippen LogP contribution in [0.2, 0.25) is 0 Å². The highest BCUT2D eigenvalue weighted by molar-refractivity contribution is 6.35. The van der Waals surface area contributed by atoms with Gasteiger partial charge in [0.05, 0.1) is 12.8 Å². The van der Waals surface area contributed by atoms with E-state index in [-0.39, 0.29) is 6.54 Å². The Bertz CT molecular complexity index is 693. The number of hydrogen-bond donors (Lipinski definition) is 2. The molecule has 6 heteroatoms. The average molecular weight is 299 g/mol. The first-order chi connectivity index (χ1) is 10.7. The van der Waals surface area contributed by atoms with E-state index in [2.05, 4.69) is 15.8 Å². The summed E-state index contributed by atoms with van der Waals surface area (Å²) in [7, 11) is 1.51. The number of hydrogen-bond acceptors (Lipinski definition) is 4. The predicted molar refractivity (Wildman–Crippen MR) is 84.6 cm³/mol. The number of nitrogens with one attached hydrogen (secondary N) is 2. The number of methoxy groups -OCH3 is 1. The van der Waals surface area contributed by atoms with E-state index in [1.54, 1.807) is 0 Å². The molecular formula is C16H17N3O3. The maximum absolute atomic E-state index is 11.5. The van der Waals surface area contributed by atoms with E-state index in [1.807, 2.05) is 42.5 Å². The minimum Gasteiger partial charge on any atom is -0.383 e. The summed E-state index contributed by atoms with van der Waals surface area (Å²) in [5, 5.41) is 8.34. The summed E-state index contributed by atoms with van der Waals surface area (Å²) >= 11 is 0. The third-order valence-corrected chi connectivity index (χ3v) is 2.99. The van der Waals surface area contributed by atoms with Gasteiger partial charge in [0.2, 0.25) is 0 Å². The van der Waals surface area contributed by atoms with Gasteiger partial charge in [-0.05, 0) is 10.8 Å². The Morgan fingerprint density at radius 3 is 2.73 bits per heavy atom. The molecule has 0 aliphatic carbocycles. The van der Waals surface area contributed by atoms with E-state index < -0.39 is 11.8 Å².